The van der Waals surface area contributed by atoms with Crippen molar-refractivity contribution in [3.8, 4) is 5.75 Å². The lowest BCUT2D eigenvalue weighted by molar-refractivity contribution is -0.384. The number of hydrogen-bond donors (Lipinski definition) is 1. The van der Waals surface area contributed by atoms with Crippen LogP contribution in [0.2, 0.25) is 10.0 Å². The molecule has 154 valence electrons. The normalized spacial score (nSPS) is 10.9. The molecule has 0 saturated carbocycles. The standard InChI is InChI=1S/C20H21Cl2N3O4/c1-2-3-4-5-9-29-19-17(21)10-14(11-18(19)22)13-23-24-20(26)15-7-6-8-16(12-15)25(27)28/h6-8,10-13H,2-5,9H2,1H3,(H,24,26)/b23-13+. The molecule has 0 aromatic heterocycles. The minimum Gasteiger partial charge on any atom is -0.490 e. The number of hydrogen-bond acceptors (Lipinski definition) is 5. The highest BCUT2D eigenvalue weighted by Gasteiger charge is 2.11. The van der Waals surface area contributed by atoms with E-state index in [2.05, 4.69) is 17.5 Å². The molecule has 0 bridgehead atoms. The van der Waals surface area contributed by atoms with Crippen molar-refractivity contribution in [2.45, 2.75) is 32.6 Å². The van der Waals surface area contributed by atoms with Gasteiger partial charge in [-0.15, -0.1) is 0 Å². The van der Waals surface area contributed by atoms with Gasteiger partial charge in [0.1, 0.15) is 0 Å². The number of carbonyl (C=O) groups is 1. The summed E-state index contributed by atoms with van der Waals surface area (Å²) in [5.41, 5.74) is 2.83. The number of hydrazone groups is 1. The molecular formula is C20H21Cl2N3O4. The lowest BCUT2D eigenvalue weighted by Gasteiger charge is -2.10. The van der Waals surface area contributed by atoms with Crippen molar-refractivity contribution in [2.24, 2.45) is 5.10 Å². The summed E-state index contributed by atoms with van der Waals surface area (Å²) in [6, 6.07) is 8.61. The third-order valence-electron chi connectivity index (χ3n) is 3.96. The fourth-order valence-corrected chi connectivity index (χ4v) is 3.10. The van der Waals surface area contributed by atoms with Gasteiger partial charge >= 0.3 is 0 Å². The van der Waals surface area contributed by atoms with Gasteiger partial charge in [0.25, 0.3) is 11.6 Å². The number of unbranched alkanes of at least 4 members (excludes halogenated alkanes) is 3. The molecule has 2 aromatic carbocycles. The van der Waals surface area contributed by atoms with E-state index in [0.29, 0.717) is 28.0 Å². The van der Waals surface area contributed by atoms with Crippen molar-refractivity contribution >= 4 is 41.0 Å². The summed E-state index contributed by atoms with van der Waals surface area (Å²) < 4.78 is 5.67. The van der Waals surface area contributed by atoms with Gasteiger partial charge in [-0.2, -0.15) is 5.10 Å². The molecule has 0 aliphatic carbocycles. The predicted molar refractivity (Wildman–Crippen MR) is 114 cm³/mol. The van der Waals surface area contributed by atoms with Gasteiger partial charge in [0.15, 0.2) is 5.75 Å². The number of carbonyl (C=O) groups excluding carboxylic acids is 1. The van der Waals surface area contributed by atoms with Crippen LogP contribution in [-0.4, -0.2) is 23.7 Å². The molecule has 0 aliphatic rings. The van der Waals surface area contributed by atoms with Gasteiger partial charge in [-0.05, 0) is 30.2 Å². The Morgan fingerprint density at radius 2 is 1.93 bits per heavy atom. The van der Waals surface area contributed by atoms with E-state index in [1.165, 1.54) is 30.5 Å². The van der Waals surface area contributed by atoms with E-state index in [1.54, 1.807) is 12.1 Å². The molecule has 29 heavy (non-hydrogen) atoms. The van der Waals surface area contributed by atoms with Crippen molar-refractivity contribution in [2.75, 3.05) is 6.61 Å². The zero-order chi connectivity index (χ0) is 21.2. The molecule has 0 fully saturated rings. The van der Waals surface area contributed by atoms with Crippen molar-refractivity contribution in [1.82, 2.24) is 5.43 Å². The number of rotatable bonds is 10. The number of halogens is 2. The van der Waals surface area contributed by atoms with E-state index in [4.69, 9.17) is 27.9 Å². The Hall–Kier alpha value is -2.64. The van der Waals surface area contributed by atoms with E-state index < -0.39 is 10.8 Å². The maximum atomic E-state index is 12.1. The maximum absolute atomic E-state index is 12.1. The third kappa shape index (κ3) is 7.03. The van der Waals surface area contributed by atoms with E-state index in [1.807, 2.05) is 0 Å². The zero-order valence-corrected chi connectivity index (χ0v) is 17.4. The average molecular weight is 438 g/mol. The molecule has 0 heterocycles. The van der Waals surface area contributed by atoms with Crippen LogP contribution in [-0.2, 0) is 0 Å². The Morgan fingerprint density at radius 1 is 1.21 bits per heavy atom. The van der Waals surface area contributed by atoms with Gasteiger partial charge in [-0.25, -0.2) is 5.43 Å². The first-order valence-electron chi connectivity index (χ1n) is 9.12. The number of nitro groups is 1. The third-order valence-corrected chi connectivity index (χ3v) is 4.53. The monoisotopic (exact) mass is 437 g/mol. The van der Waals surface area contributed by atoms with Crippen molar-refractivity contribution in [3.05, 3.63) is 67.7 Å². The van der Waals surface area contributed by atoms with Gasteiger partial charge in [-0.1, -0.05) is 55.5 Å². The summed E-state index contributed by atoms with van der Waals surface area (Å²) >= 11 is 12.5. The lowest BCUT2D eigenvalue weighted by Crippen LogP contribution is -2.17. The molecule has 7 nitrogen and oxygen atoms in total. The van der Waals surface area contributed by atoms with Gasteiger partial charge in [0.05, 0.1) is 27.8 Å². The zero-order valence-electron chi connectivity index (χ0n) is 15.9. The van der Waals surface area contributed by atoms with Gasteiger partial charge in [0, 0.05) is 17.7 Å². The van der Waals surface area contributed by atoms with Crippen LogP contribution in [0.4, 0.5) is 5.69 Å². The van der Waals surface area contributed by atoms with Gasteiger partial charge in [0.2, 0.25) is 0 Å². The average Bonchev–Trinajstić information content (AvgIpc) is 2.69. The highest BCUT2D eigenvalue weighted by molar-refractivity contribution is 6.37. The Labute approximate surface area is 178 Å². The summed E-state index contributed by atoms with van der Waals surface area (Å²) in [5.74, 6) is -0.156. The number of amides is 1. The number of ether oxygens (including phenoxy) is 1. The Balaban J connectivity index is 1.97. The lowest BCUT2D eigenvalue weighted by atomic mass is 10.2. The van der Waals surface area contributed by atoms with Crippen LogP contribution in [0.1, 0.15) is 48.5 Å². The highest BCUT2D eigenvalue weighted by atomic mass is 35.5. The van der Waals surface area contributed by atoms with Crippen LogP contribution in [0.15, 0.2) is 41.5 Å². The van der Waals surface area contributed by atoms with Crippen LogP contribution < -0.4 is 10.2 Å². The van der Waals surface area contributed by atoms with Crippen molar-refractivity contribution < 1.29 is 14.5 Å². The fourth-order valence-electron chi connectivity index (χ4n) is 2.49. The number of nitrogens with zero attached hydrogens (tertiary/aromatic N) is 2. The number of benzene rings is 2. The summed E-state index contributed by atoms with van der Waals surface area (Å²) in [5, 5.41) is 15.3. The summed E-state index contributed by atoms with van der Waals surface area (Å²) in [6.07, 6.45) is 5.68. The van der Waals surface area contributed by atoms with Crippen LogP contribution >= 0.6 is 23.2 Å². The van der Waals surface area contributed by atoms with Crippen LogP contribution in [0.25, 0.3) is 0 Å². The second-order valence-electron chi connectivity index (χ2n) is 6.23. The molecule has 0 saturated heterocycles. The quantitative estimate of drug-likeness (QED) is 0.225. The Morgan fingerprint density at radius 3 is 2.59 bits per heavy atom. The summed E-state index contributed by atoms with van der Waals surface area (Å²) in [4.78, 5) is 22.3. The number of nitro benzene ring substituents is 1. The smallest absolute Gasteiger partial charge is 0.271 e. The SMILES string of the molecule is CCCCCCOc1c(Cl)cc(/C=N/NC(=O)c2cccc([N+](=O)[O-])c2)cc1Cl. The molecule has 1 N–H and O–H groups in total. The molecule has 2 aromatic rings. The van der Waals surface area contributed by atoms with E-state index in [-0.39, 0.29) is 11.3 Å². The van der Waals surface area contributed by atoms with E-state index in [9.17, 15) is 14.9 Å². The molecule has 9 heteroatoms. The van der Waals surface area contributed by atoms with Crippen molar-refractivity contribution in [1.29, 1.82) is 0 Å². The number of non-ortho nitro benzene ring substituents is 1. The highest BCUT2D eigenvalue weighted by Crippen LogP contribution is 2.34. The van der Waals surface area contributed by atoms with Crippen molar-refractivity contribution in [3.63, 3.8) is 0 Å². The maximum Gasteiger partial charge on any atom is 0.271 e. The second kappa shape index (κ2) is 11.4. The first-order valence-corrected chi connectivity index (χ1v) is 9.87. The summed E-state index contributed by atoms with van der Waals surface area (Å²) in [7, 11) is 0. The fraction of sp³-hybridized carbons (Fsp3) is 0.300. The molecule has 0 spiro atoms. The summed E-state index contributed by atoms with van der Waals surface area (Å²) in [6.45, 7) is 2.67. The predicted octanol–water partition coefficient (Wildman–Crippen LogP) is 5.62. The van der Waals surface area contributed by atoms with Crippen LogP contribution in [0.5, 0.6) is 5.75 Å². The first kappa shape index (κ1) is 22.6. The minimum atomic E-state index is -0.575. The molecule has 2 rings (SSSR count). The largest absolute Gasteiger partial charge is 0.490 e. The first-order chi connectivity index (χ1) is 13.9. The van der Waals surface area contributed by atoms with E-state index >= 15 is 0 Å². The molecule has 0 radical (unpaired) electrons. The number of nitrogens with one attached hydrogen (secondary N) is 1. The van der Waals surface area contributed by atoms with E-state index in [0.717, 1.165) is 25.7 Å². The van der Waals surface area contributed by atoms with Crippen LogP contribution in [0.3, 0.4) is 0 Å². The molecule has 0 unspecified atom stereocenters. The minimum absolute atomic E-state index is 0.124. The van der Waals surface area contributed by atoms with Gasteiger partial charge in [-0.3, -0.25) is 14.9 Å². The Bertz CT molecular complexity index is 880. The molecule has 0 atom stereocenters. The van der Waals surface area contributed by atoms with Crippen LogP contribution in [0, 0.1) is 10.1 Å². The Kier molecular flexibility index (Phi) is 8.89. The van der Waals surface area contributed by atoms with Gasteiger partial charge < -0.3 is 4.74 Å². The topological polar surface area (TPSA) is 93.8 Å². The molecule has 1 amide bonds. The second-order valence-corrected chi connectivity index (χ2v) is 7.04. The molecule has 0 aliphatic heterocycles. The molecular weight excluding hydrogens is 417 g/mol.